The Kier molecular flexibility index (Phi) is 3.92. The number of hydrogen-bond donors (Lipinski definition) is 1. The zero-order chi connectivity index (χ0) is 14.0. The van der Waals surface area contributed by atoms with Crippen molar-refractivity contribution >= 4 is 5.91 Å². The summed E-state index contributed by atoms with van der Waals surface area (Å²) in [5, 5.41) is 6.90. The molecular weight excluding hydrogens is 240 g/mol. The molecule has 0 unspecified atom stereocenters. The molecule has 0 radical (unpaired) electrons. The molecular formula is C14H24N4O. The summed E-state index contributed by atoms with van der Waals surface area (Å²) >= 11 is 0. The van der Waals surface area contributed by atoms with Gasteiger partial charge in [0.15, 0.2) is 0 Å². The molecule has 5 heteroatoms. The highest BCUT2D eigenvalue weighted by molar-refractivity contribution is 5.90. The second kappa shape index (κ2) is 5.31. The number of likely N-dealkylation sites (tertiary alicyclic amines) is 1. The first-order chi connectivity index (χ1) is 9.01. The average molecular weight is 264 g/mol. The molecule has 0 aliphatic carbocycles. The Balaban J connectivity index is 2.08. The Morgan fingerprint density at radius 3 is 2.58 bits per heavy atom. The van der Waals surface area contributed by atoms with Gasteiger partial charge in [0.1, 0.15) is 5.82 Å². The van der Waals surface area contributed by atoms with Crippen molar-refractivity contribution in [1.82, 2.24) is 20.1 Å². The lowest BCUT2D eigenvalue weighted by atomic mass is 9.82. The Bertz CT molecular complexity index is 448. The third-order valence-corrected chi connectivity index (χ3v) is 4.47. The van der Waals surface area contributed by atoms with E-state index in [1.807, 2.05) is 18.7 Å². The molecule has 0 aromatic carbocycles. The van der Waals surface area contributed by atoms with Crippen LogP contribution in [-0.2, 0) is 0 Å². The minimum absolute atomic E-state index is 0.0353. The highest BCUT2D eigenvalue weighted by Crippen LogP contribution is 2.37. The lowest BCUT2D eigenvalue weighted by molar-refractivity contribution is 0.0758. The van der Waals surface area contributed by atoms with Crippen molar-refractivity contribution in [3.8, 4) is 0 Å². The largest absolute Gasteiger partial charge is 0.335 e. The Morgan fingerprint density at radius 1 is 1.42 bits per heavy atom. The molecule has 0 atom stereocenters. The molecule has 1 aromatic heterocycles. The van der Waals surface area contributed by atoms with Crippen LogP contribution >= 0.6 is 0 Å². The van der Waals surface area contributed by atoms with Crippen molar-refractivity contribution in [2.75, 3.05) is 13.1 Å². The van der Waals surface area contributed by atoms with Crippen molar-refractivity contribution in [3.63, 3.8) is 0 Å². The monoisotopic (exact) mass is 264 g/mol. The van der Waals surface area contributed by atoms with Crippen LogP contribution < -0.4 is 0 Å². The van der Waals surface area contributed by atoms with Gasteiger partial charge in [-0.05, 0) is 24.7 Å². The minimum Gasteiger partial charge on any atom is -0.335 e. The summed E-state index contributed by atoms with van der Waals surface area (Å²) < 4.78 is 0. The fraction of sp³-hybridized carbons (Fsp3) is 0.786. The third-order valence-electron chi connectivity index (χ3n) is 4.47. The number of rotatable bonds is 4. The first-order valence-electron chi connectivity index (χ1n) is 7.23. The standard InChI is InChI=1S/C14H24N4O/c1-5-14(6-2)7-8-18(9-14)13(19)12-15-11(10(3)4)16-17-12/h10H,5-9H2,1-4H3,(H,15,16,17). The fourth-order valence-electron chi connectivity index (χ4n) is 2.71. The molecule has 2 heterocycles. The summed E-state index contributed by atoms with van der Waals surface area (Å²) in [5.74, 6) is 1.32. The lowest BCUT2D eigenvalue weighted by Crippen LogP contribution is -2.32. The molecule has 19 heavy (non-hydrogen) atoms. The summed E-state index contributed by atoms with van der Waals surface area (Å²) in [4.78, 5) is 18.6. The van der Waals surface area contributed by atoms with Crippen LogP contribution in [0, 0.1) is 5.41 Å². The zero-order valence-electron chi connectivity index (χ0n) is 12.4. The number of hydrogen-bond acceptors (Lipinski definition) is 3. The van der Waals surface area contributed by atoms with Gasteiger partial charge in [0.2, 0.25) is 5.82 Å². The van der Waals surface area contributed by atoms with Crippen LogP contribution in [-0.4, -0.2) is 39.1 Å². The van der Waals surface area contributed by atoms with E-state index in [0.29, 0.717) is 11.2 Å². The van der Waals surface area contributed by atoms with E-state index in [0.717, 1.165) is 38.2 Å². The van der Waals surface area contributed by atoms with Crippen LogP contribution in [0.2, 0.25) is 0 Å². The summed E-state index contributed by atoms with van der Waals surface area (Å²) in [5.41, 5.74) is 0.298. The second-order valence-electron chi connectivity index (χ2n) is 5.88. The van der Waals surface area contributed by atoms with Gasteiger partial charge in [-0.1, -0.05) is 27.7 Å². The number of nitrogens with zero attached hydrogens (tertiary/aromatic N) is 3. The quantitative estimate of drug-likeness (QED) is 0.909. The van der Waals surface area contributed by atoms with E-state index in [-0.39, 0.29) is 11.8 Å². The number of carbonyl (C=O) groups excluding carboxylic acids is 1. The molecule has 1 aromatic rings. The number of amides is 1. The molecule has 106 valence electrons. The highest BCUT2D eigenvalue weighted by Gasteiger charge is 2.38. The first kappa shape index (κ1) is 14.0. The van der Waals surface area contributed by atoms with Crippen LogP contribution in [0.25, 0.3) is 0 Å². The number of aromatic nitrogens is 3. The Hall–Kier alpha value is -1.39. The van der Waals surface area contributed by atoms with Gasteiger partial charge in [-0.25, -0.2) is 4.98 Å². The Labute approximate surface area is 114 Å². The molecule has 1 aliphatic rings. The van der Waals surface area contributed by atoms with Gasteiger partial charge in [-0.3, -0.25) is 9.89 Å². The van der Waals surface area contributed by atoms with Crippen molar-refractivity contribution < 1.29 is 4.79 Å². The van der Waals surface area contributed by atoms with Crippen molar-refractivity contribution in [2.24, 2.45) is 5.41 Å². The van der Waals surface area contributed by atoms with E-state index in [1.165, 1.54) is 0 Å². The molecule has 1 N–H and O–H groups in total. The average Bonchev–Trinajstić information content (AvgIpc) is 3.05. The first-order valence-corrected chi connectivity index (χ1v) is 7.23. The SMILES string of the molecule is CCC1(CC)CCN(C(=O)c2n[nH]c(C(C)C)n2)C1. The maximum atomic E-state index is 12.4. The van der Waals surface area contributed by atoms with Crippen LogP contribution in [0.5, 0.6) is 0 Å². The summed E-state index contributed by atoms with van der Waals surface area (Å²) in [6.07, 6.45) is 3.34. The minimum atomic E-state index is -0.0353. The predicted octanol–water partition coefficient (Wildman–Crippen LogP) is 2.58. The van der Waals surface area contributed by atoms with Gasteiger partial charge in [0.25, 0.3) is 5.91 Å². The third kappa shape index (κ3) is 2.65. The van der Waals surface area contributed by atoms with Crippen molar-refractivity contribution in [2.45, 2.75) is 52.9 Å². The van der Waals surface area contributed by atoms with Crippen LogP contribution in [0.1, 0.15) is 69.3 Å². The fourth-order valence-corrected chi connectivity index (χ4v) is 2.71. The second-order valence-corrected chi connectivity index (χ2v) is 5.88. The van der Waals surface area contributed by atoms with E-state index in [4.69, 9.17) is 0 Å². The van der Waals surface area contributed by atoms with Gasteiger partial charge in [0.05, 0.1) is 0 Å². The van der Waals surface area contributed by atoms with Crippen molar-refractivity contribution in [3.05, 3.63) is 11.6 Å². The van der Waals surface area contributed by atoms with Gasteiger partial charge in [-0.15, -0.1) is 5.10 Å². The molecule has 1 aliphatic heterocycles. The maximum Gasteiger partial charge on any atom is 0.293 e. The molecule has 0 saturated carbocycles. The van der Waals surface area contributed by atoms with Gasteiger partial charge in [0, 0.05) is 19.0 Å². The lowest BCUT2D eigenvalue weighted by Gasteiger charge is -2.25. The van der Waals surface area contributed by atoms with Gasteiger partial charge >= 0.3 is 0 Å². The highest BCUT2D eigenvalue weighted by atomic mass is 16.2. The topological polar surface area (TPSA) is 61.9 Å². The molecule has 1 amide bonds. The summed E-state index contributed by atoms with van der Waals surface area (Å²) in [6.45, 7) is 10.1. The zero-order valence-corrected chi connectivity index (χ0v) is 12.4. The smallest absolute Gasteiger partial charge is 0.293 e. The van der Waals surface area contributed by atoms with Crippen molar-refractivity contribution in [1.29, 1.82) is 0 Å². The normalized spacial score (nSPS) is 18.3. The maximum absolute atomic E-state index is 12.4. The predicted molar refractivity (Wildman–Crippen MR) is 74.0 cm³/mol. The van der Waals surface area contributed by atoms with E-state index in [2.05, 4.69) is 29.0 Å². The van der Waals surface area contributed by atoms with E-state index in [9.17, 15) is 4.79 Å². The molecule has 1 fully saturated rings. The molecule has 5 nitrogen and oxygen atoms in total. The van der Waals surface area contributed by atoms with E-state index >= 15 is 0 Å². The van der Waals surface area contributed by atoms with Gasteiger partial charge in [-0.2, -0.15) is 0 Å². The summed E-state index contributed by atoms with van der Waals surface area (Å²) in [7, 11) is 0. The summed E-state index contributed by atoms with van der Waals surface area (Å²) in [6, 6.07) is 0. The number of H-pyrrole nitrogens is 1. The van der Waals surface area contributed by atoms with Crippen LogP contribution in [0.3, 0.4) is 0 Å². The van der Waals surface area contributed by atoms with E-state index in [1.54, 1.807) is 0 Å². The van der Waals surface area contributed by atoms with Crippen LogP contribution in [0.15, 0.2) is 0 Å². The Morgan fingerprint density at radius 2 is 2.11 bits per heavy atom. The van der Waals surface area contributed by atoms with E-state index < -0.39 is 0 Å². The molecule has 2 rings (SSSR count). The molecule has 0 spiro atoms. The molecule has 1 saturated heterocycles. The number of aromatic amines is 1. The van der Waals surface area contributed by atoms with Crippen LogP contribution in [0.4, 0.5) is 0 Å². The van der Waals surface area contributed by atoms with Gasteiger partial charge < -0.3 is 4.90 Å². The number of carbonyl (C=O) groups is 1. The molecule has 0 bridgehead atoms. The number of nitrogens with one attached hydrogen (secondary N) is 1.